The van der Waals surface area contributed by atoms with Gasteiger partial charge in [-0.3, -0.25) is 9.78 Å². The van der Waals surface area contributed by atoms with Gasteiger partial charge in [-0.05, 0) is 63.8 Å². The van der Waals surface area contributed by atoms with E-state index in [0.29, 0.717) is 29.1 Å². The van der Waals surface area contributed by atoms with Gasteiger partial charge in [0.25, 0.3) is 5.91 Å². The van der Waals surface area contributed by atoms with Gasteiger partial charge in [0.05, 0.1) is 58.2 Å². The molecular formula is C25H29FN6O3. The van der Waals surface area contributed by atoms with Crippen LogP contribution in [0.15, 0.2) is 36.7 Å². The van der Waals surface area contributed by atoms with Crippen molar-refractivity contribution in [1.29, 1.82) is 5.26 Å². The Hall–Kier alpha value is -3.55. The maximum atomic E-state index is 14.2. The van der Waals surface area contributed by atoms with E-state index in [1.807, 2.05) is 12.1 Å². The van der Waals surface area contributed by atoms with Crippen molar-refractivity contribution in [3.8, 4) is 17.5 Å². The van der Waals surface area contributed by atoms with Gasteiger partial charge in [-0.15, -0.1) is 0 Å². The minimum atomic E-state index is -1.64. The second-order valence-electron chi connectivity index (χ2n) is 9.52. The molecule has 0 aromatic carbocycles. The summed E-state index contributed by atoms with van der Waals surface area (Å²) in [6, 6.07) is 9.14. The summed E-state index contributed by atoms with van der Waals surface area (Å²) in [7, 11) is 0. The monoisotopic (exact) mass is 480 g/mol. The smallest absolute Gasteiger partial charge is 0.255 e. The molecule has 0 spiro atoms. The number of nitrogens with one attached hydrogen (secondary N) is 2. The van der Waals surface area contributed by atoms with Crippen molar-refractivity contribution in [2.75, 3.05) is 11.9 Å². The largest absolute Gasteiger partial charge is 0.393 e. The summed E-state index contributed by atoms with van der Waals surface area (Å²) in [5.74, 6) is -0.522. The first kappa shape index (κ1) is 24.6. The van der Waals surface area contributed by atoms with Gasteiger partial charge in [0.2, 0.25) is 0 Å². The van der Waals surface area contributed by atoms with Crippen molar-refractivity contribution in [1.82, 2.24) is 19.9 Å². The van der Waals surface area contributed by atoms with Crippen molar-refractivity contribution < 1.29 is 19.4 Å². The minimum absolute atomic E-state index is 0.0359. The van der Waals surface area contributed by atoms with Crippen LogP contribution in [0.2, 0.25) is 0 Å². The Balaban J connectivity index is 1.66. The predicted molar refractivity (Wildman–Crippen MR) is 129 cm³/mol. The van der Waals surface area contributed by atoms with Crippen LogP contribution in [-0.4, -0.2) is 61.2 Å². The Morgan fingerprint density at radius 2 is 2.14 bits per heavy atom. The molecule has 3 atom stereocenters. The number of aliphatic hydroxyl groups is 2. The topological polar surface area (TPSA) is 136 Å². The molecule has 3 heterocycles. The van der Waals surface area contributed by atoms with Crippen LogP contribution in [0.3, 0.4) is 0 Å². The Bertz CT molecular complexity index is 1260. The number of aromatic nitrogens is 3. The summed E-state index contributed by atoms with van der Waals surface area (Å²) >= 11 is 0. The van der Waals surface area contributed by atoms with E-state index in [-0.39, 0.29) is 18.2 Å². The zero-order valence-electron chi connectivity index (χ0n) is 19.7. The number of hydrogen-bond acceptors (Lipinski definition) is 7. The number of carbonyl (C=O) groups is 1. The van der Waals surface area contributed by atoms with E-state index in [1.54, 1.807) is 16.6 Å². The number of halogens is 1. The van der Waals surface area contributed by atoms with Crippen LogP contribution < -0.4 is 10.6 Å². The molecule has 1 aliphatic rings. The fourth-order valence-corrected chi connectivity index (χ4v) is 4.19. The molecule has 1 saturated carbocycles. The molecule has 0 saturated heterocycles. The van der Waals surface area contributed by atoms with Gasteiger partial charge in [0, 0.05) is 12.2 Å². The summed E-state index contributed by atoms with van der Waals surface area (Å²) in [5, 5.41) is 39.3. The van der Waals surface area contributed by atoms with Crippen LogP contribution in [0.1, 0.15) is 55.5 Å². The summed E-state index contributed by atoms with van der Waals surface area (Å²) in [6.45, 7) is 2.34. The fourth-order valence-electron chi connectivity index (χ4n) is 4.19. The van der Waals surface area contributed by atoms with Crippen molar-refractivity contribution >= 4 is 17.1 Å². The van der Waals surface area contributed by atoms with Gasteiger partial charge in [-0.2, -0.15) is 10.4 Å². The van der Waals surface area contributed by atoms with E-state index in [0.717, 1.165) is 24.8 Å². The van der Waals surface area contributed by atoms with Crippen molar-refractivity contribution in [2.24, 2.45) is 0 Å². The van der Waals surface area contributed by atoms with Crippen molar-refractivity contribution in [2.45, 2.75) is 63.4 Å². The number of pyridine rings is 1. The average molecular weight is 481 g/mol. The Morgan fingerprint density at radius 1 is 1.34 bits per heavy atom. The number of carbonyl (C=O) groups excluding carboxylic acids is 1. The number of nitrogens with zero attached hydrogens (tertiary/aromatic N) is 4. The summed E-state index contributed by atoms with van der Waals surface area (Å²) in [6.07, 6.45) is 3.84. The predicted octanol–water partition coefficient (Wildman–Crippen LogP) is 2.82. The van der Waals surface area contributed by atoms with E-state index in [9.17, 15) is 19.4 Å². The SMILES string of the molecule is CC(C)(O)[C@H](F)CNC(=O)c1cnc(-c2ccc3cc(C#N)cnn23)cc1N[C@@H]1CCCC(O)C1. The Labute approximate surface area is 202 Å². The van der Waals surface area contributed by atoms with E-state index in [4.69, 9.17) is 5.26 Å². The lowest BCUT2D eigenvalue weighted by molar-refractivity contribution is -0.00177. The number of hydrogen-bond donors (Lipinski definition) is 4. The van der Waals surface area contributed by atoms with E-state index >= 15 is 0 Å². The zero-order valence-corrected chi connectivity index (χ0v) is 19.7. The Morgan fingerprint density at radius 3 is 2.86 bits per heavy atom. The fraction of sp³-hybridized carbons (Fsp3) is 0.440. The molecule has 4 rings (SSSR count). The molecule has 0 bridgehead atoms. The molecule has 4 N–H and O–H groups in total. The highest BCUT2D eigenvalue weighted by atomic mass is 19.1. The zero-order chi connectivity index (χ0) is 25.2. The highest BCUT2D eigenvalue weighted by Crippen LogP contribution is 2.28. The summed E-state index contributed by atoms with van der Waals surface area (Å²) < 4.78 is 15.9. The van der Waals surface area contributed by atoms with Gasteiger partial charge < -0.3 is 20.8 Å². The van der Waals surface area contributed by atoms with Crippen LogP contribution >= 0.6 is 0 Å². The molecule has 1 amide bonds. The number of nitriles is 1. The van der Waals surface area contributed by atoms with E-state index < -0.39 is 23.8 Å². The maximum absolute atomic E-state index is 14.2. The van der Waals surface area contributed by atoms with Gasteiger partial charge in [-0.1, -0.05) is 0 Å². The second kappa shape index (κ2) is 9.98. The first-order valence-electron chi connectivity index (χ1n) is 11.6. The van der Waals surface area contributed by atoms with Crippen LogP contribution in [0.4, 0.5) is 10.1 Å². The van der Waals surface area contributed by atoms with E-state index in [2.05, 4.69) is 26.8 Å². The number of rotatable bonds is 7. The molecule has 0 aliphatic heterocycles. The third-order valence-corrected chi connectivity index (χ3v) is 6.26. The van der Waals surface area contributed by atoms with Gasteiger partial charge in [-0.25, -0.2) is 8.91 Å². The molecule has 35 heavy (non-hydrogen) atoms. The van der Waals surface area contributed by atoms with Crippen LogP contribution in [-0.2, 0) is 0 Å². The molecule has 1 unspecified atom stereocenters. The van der Waals surface area contributed by atoms with Crippen LogP contribution in [0.5, 0.6) is 0 Å². The van der Waals surface area contributed by atoms with Crippen molar-refractivity contribution in [3.05, 3.63) is 47.8 Å². The highest BCUT2D eigenvalue weighted by Gasteiger charge is 2.28. The maximum Gasteiger partial charge on any atom is 0.255 e. The standard InChI is InChI=1S/C25H29FN6O3/c1-25(2,35)23(26)14-29-24(34)19-13-28-21(10-20(19)31-16-4-3-5-18(33)9-16)22-7-6-17-8-15(11-27)12-30-32(17)22/h6-8,10,12-13,16,18,23,33,35H,3-5,9,14H2,1-2H3,(H,28,31)(H,29,34)/t16-,18?,23-/m1/s1. The summed E-state index contributed by atoms with van der Waals surface area (Å²) in [5.41, 5.74) is 1.56. The van der Waals surface area contributed by atoms with Crippen LogP contribution in [0.25, 0.3) is 16.9 Å². The lowest BCUT2D eigenvalue weighted by atomic mass is 9.92. The first-order chi connectivity index (χ1) is 16.7. The molecule has 1 fully saturated rings. The number of amides is 1. The molecular weight excluding hydrogens is 451 g/mol. The molecule has 1 aliphatic carbocycles. The van der Waals surface area contributed by atoms with Crippen molar-refractivity contribution in [3.63, 3.8) is 0 Å². The average Bonchev–Trinajstić information content (AvgIpc) is 3.25. The lowest BCUT2D eigenvalue weighted by Crippen LogP contribution is -2.42. The third kappa shape index (κ3) is 5.58. The van der Waals surface area contributed by atoms with Crippen LogP contribution in [0, 0.1) is 11.3 Å². The number of alkyl halides is 1. The third-order valence-electron chi connectivity index (χ3n) is 6.26. The number of aliphatic hydroxyl groups excluding tert-OH is 1. The van der Waals surface area contributed by atoms with Gasteiger partial charge >= 0.3 is 0 Å². The van der Waals surface area contributed by atoms with Gasteiger partial charge in [0.15, 0.2) is 0 Å². The number of anilines is 1. The molecule has 3 aromatic rings. The van der Waals surface area contributed by atoms with E-state index in [1.165, 1.54) is 26.2 Å². The summed E-state index contributed by atoms with van der Waals surface area (Å²) in [4.78, 5) is 17.4. The Kier molecular flexibility index (Phi) is 7.00. The molecule has 10 heteroatoms. The highest BCUT2D eigenvalue weighted by molar-refractivity contribution is 6.00. The molecule has 184 valence electrons. The normalized spacial score (nSPS) is 19.2. The lowest BCUT2D eigenvalue weighted by Gasteiger charge is -2.28. The number of fused-ring (bicyclic) bond motifs is 1. The molecule has 0 radical (unpaired) electrons. The quantitative estimate of drug-likeness (QED) is 0.408. The molecule has 9 nitrogen and oxygen atoms in total. The molecule has 3 aromatic heterocycles. The second-order valence-corrected chi connectivity index (χ2v) is 9.52. The first-order valence-corrected chi connectivity index (χ1v) is 11.6. The minimum Gasteiger partial charge on any atom is -0.393 e. The van der Waals surface area contributed by atoms with Gasteiger partial charge in [0.1, 0.15) is 12.2 Å².